The van der Waals surface area contributed by atoms with Crippen LogP contribution in [0.4, 0.5) is 16.3 Å². The molecule has 0 spiro atoms. The maximum atomic E-state index is 11.9. The van der Waals surface area contributed by atoms with E-state index in [-0.39, 0.29) is 12.5 Å². The Morgan fingerprint density at radius 2 is 2.00 bits per heavy atom. The minimum Gasteiger partial charge on any atom is -0.360 e. The van der Waals surface area contributed by atoms with Gasteiger partial charge in [-0.25, -0.2) is 4.79 Å². The first-order chi connectivity index (χ1) is 10.6. The third-order valence-electron chi connectivity index (χ3n) is 2.95. The van der Waals surface area contributed by atoms with E-state index < -0.39 is 6.03 Å². The molecule has 0 aliphatic rings. The number of hydrogen-bond donors (Lipinski definition) is 3. The SMILES string of the molecule is CCc1ccccc1NC(=O)CNC(=O)Nc1cc(C)on1. The Balaban J connectivity index is 1.81. The second kappa shape index (κ2) is 7.26. The summed E-state index contributed by atoms with van der Waals surface area (Å²) >= 11 is 0. The van der Waals surface area contributed by atoms with Gasteiger partial charge in [0.05, 0.1) is 6.54 Å². The number of carbonyl (C=O) groups is 2. The van der Waals surface area contributed by atoms with E-state index in [1.54, 1.807) is 13.0 Å². The summed E-state index contributed by atoms with van der Waals surface area (Å²) in [6.45, 7) is 3.59. The molecule has 0 radical (unpaired) electrons. The summed E-state index contributed by atoms with van der Waals surface area (Å²) in [4.78, 5) is 23.5. The predicted molar refractivity (Wildman–Crippen MR) is 82.7 cm³/mol. The third kappa shape index (κ3) is 4.34. The topological polar surface area (TPSA) is 96.3 Å². The number of anilines is 2. The molecule has 1 aromatic heterocycles. The molecule has 0 aliphatic carbocycles. The zero-order chi connectivity index (χ0) is 15.9. The number of aryl methyl sites for hydroxylation is 2. The van der Waals surface area contributed by atoms with Crippen LogP contribution in [0.3, 0.4) is 0 Å². The van der Waals surface area contributed by atoms with Crippen molar-refractivity contribution >= 4 is 23.4 Å². The van der Waals surface area contributed by atoms with Crippen molar-refractivity contribution in [2.24, 2.45) is 0 Å². The lowest BCUT2D eigenvalue weighted by atomic mass is 10.1. The fraction of sp³-hybridized carbons (Fsp3) is 0.267. The molecule has 2 aromatic rings. The molecule has 2 rings (SSSR count). The van der Waals surface area contributed by atoms with E-state index in [4.69, 9.17) is 4.52 Å². The third-order valence-corrected chi connectivity index (χ3v) is 2.95. The summed E-state index contributed by atoms with van der Waals surface area (Å²) in [6.07, 6.45) is 0.815. The van der Waals surface area contributed by atoms with Crippen LogP contribution >= 0.6 is 0 Å². The van der Waals surface area contributed by atoms with Gasteiger partial charge in [0.15, 0.2) is 5.82 Å². The number of carbonyl (C=O) groups excluding carboxylic acids is 2. The van der Waals surface area contributed by atoms with Crippen molar-refractivity contribution < 1.29 is 14.1 Å². The molecule has 116 valence electrons. The van der Waals surface area contributed by atoms with E-state index in [0.29, 0.717) is 11.6 Å². The molecule has 7 heteroatoms. The molecule has 0 unspecified atom stereocenters. The van der Waals surface area contributed by atoms with Gasteiger partial charge in [-0.3, -0.25) is 10.1 Å². The molecule has 0 fully saturated rings. The second-order valence-electron chi connectivity index (χ2n) is 4.69. The lowest BCUT2D eigenvalue weighted by molar-refractivity contribution is -0.115. The number of urea groups is 1. The van der Waals surface area contributed by atoms with Crippen molar-refractivity contribution in [1.29, 1.82) is 0 Å². The molecule has 3 N–H and O–H groups in total. The number of para-hydroxylation sites is 1. The van der Waals surface area contributed by atoms with Crippen molar-refractivity contribution in [3.8, 4) is 0 Å². The summed E-state index contributed by atoms with van der Waals surface area (Å²) < 4.78 is 4.82. The quantitative estimate of drug-likeness (QED) is 0.789. The molecule has 0 bridgehead atoms. The molecule has 22 heavy (non-hydrogen) atoms. The first-order valence-electron chi connectivity index (χ1n) is 6.94. The molecule has 3 amide bonds. The highest BCUT2D eigenvalue weighted by molar-refractivity contribution is 5.97. The van der Waals surface area contributed by atoms with Gasteiger partial charge in [0.1, 0.15) is 5.76 Å². The summed E-state index contributed by atoms with van der Waals surface area (Å²) in [5.41, 5.74) is 1.79. The van der Waals surface area contributed by atoms with Gasteiger partial charge in [0, 0.05) is 11.8 Å². The molecule has 1 aromatic carbocycles. The Morgan fingerprint density at radius 1 is 1.23 bits per heavy atom. The summed E-state index contributed by atoms with van der Waals surface area (Å²) in [5.74, 6) is 0.586. The average molecular weight is 302 g/mol. The van der Waals surface area contributed by atoms with Crippen LogP contribution in [0.1, 0.15) is 18.2 Å². The minimum atomic E-state index is -0.521. The van der Waals surface area contributed by atoms with Gasteiger partial charge in [-0.15, -0.1) is 0 Å². The number of nitrogens with one attached hydrogen (secondary N) is 3. The second-order valence-corrected chi connectivity index (χ2v) is 4.69. The Morgan fingerprint density at radius 3 is 2.68 bits per heavy atom. The average Bonchev–Trinajstić information content (AvgIpc) is 2.91. The Bertz CT molecular complexity index is 666. The van der Waals surface area contributed by atoms with Crippen molar-refractivity contribution in [3.05, 3.63) is 41.7 Å². The first kappa shape index (κ1) is 15.6. The summed E-state index contributed by atoms with van der Waals surface area (Å²) in [6, 6.07) is 8.60. The number of amides is 3. The normalized spacial score (nSPS) is 10.1. The maximum absolute atomic E-state index is 11.9. The van der Waals surface area contributed by atoms with E-state index in [9.17, 15) is 9.59 Å². The van der Waals surface area contributed by atoms with Crippen molar-refractivity contribution in [1.82, 2.24) is 10.5 Å². The van der Waals surface area contributed by atoms with E-state index in [0.717, 1.165) is 17.7 Å². The van der Waals surface area contributed by atoms with E-state index in [1.807, 2.05) is 31.2 Å². The zero-order valence-electron chi connectivity index (χ0n) is 12.5. The number of aromatic nitrogens is 1. The van der Waals surface area contributed by atoms with Crippen LogP contribution in [-0.4, -0.2) is 23.6 Å². The fourth-order valence-corrected chi connectivity index (χ4v) is 1.89. The lowest BCUT2D eigenvalue weighted by Gasteiger charge is -2.10. The van der Waals surface area contributed by atoms with Gasteiger partial charge < -0.3 is 15.2 Å². The van der Waals surface area contributed by atoms with Gasteiger partial charge in [-0.2, -0.15) is 0 Å². The number of hydrogen-bond acceptors (Lipinski definition) is 4. The van der Waals surface area contributed by atoms with E-state index in [2.05, 4.69) is 21.1 Å². The van der Waals surface area contributed by atoms with Crippen molar-refractivity contribution in [3.63, 3.8) is 0 Å². The van der Waals surface area contributed by atoms with Gasteiger partial charge >= 0.3 is 6.03 Å². The van der Waals surface area contributed by atoms with Crippen LogP contribution in [-0.2, 0) is 11.2 Å². The largest absolute Gasteiger partial charge is 0.360 e. The monoisotopic (exact) mass is 302 g/mol. The Kier molecular flexibility index (Phi) is 5.13. The molecular weight excluding hydrogens is 284 g/mol. The highest BCUT2D eigenvalue weighted by Crippen LogP contribution is 2.14. The van der Waals surface area contributed by atoms with Gasteiger partial charge in [-0.1, -0.05) is 30.3 Å². The van der Waals surface area contributed by atoms with Gasteiger partial charge in [-0.05, 0) is 25.0 Å². The van der Waals surface area contributed by atoms with Crippen molar-refractivity contribution in [2.45, 2.75) is 20.3 Å². The number of nitrogens with zero attached hydrogens (tertiary/aromatic N) is 1. The first-order valence-corrected chi connectivity index (χ1v) is 6.94. The van der Waals surface area contributed by atoms with Crippen LogP contribution < -0.4 is 16.0 Å². The van der Waals surface area contributed by atoms with Crippen LogP contribution in [0.5, 0.6) is 0 Å². The number of benzene rings is 1. The molecule has 0 saturated carbocycles. The highest BCUT2D eigenvalue weighted by Gasteiger charge is 2.09. The van der Waals surface area contributed by atoms with Crippen molar-refractivity contribution in [2.75, 3.05) is 17.2 Å². The molecule has 0 aliphatic heterocycles. The van der Waals surface area contributed by atoms with Crippen LogP contribution in [0, 0.1) is 6.92 Å². The molecular formula is C15H18N4O3. The molecule has 0 saturated heterocycles. The lowest BCUT2D eigenvalue weighted by Crippen LogP contribution is -2.36. The molecule has 1 heterocycles. The Hall–Kier alpha value is -2.83. The van der Waals surface area contributed by atoms with Gasteiger partial charge in [0.25, 0.3) is 0 Å². The number of rotatable bonds is 5. The Labute approximate surface area is 128 Å². The van der Waals surface area contributed by atoms with E-state index in [1.165, 1.54) is 0 Å². The van der Waals surface area contributed by atoms with Crippen LogP contribution in [0.15, 0.2) is 34.9 Å². The fourth-order valence-electron chi connectivity index (χ4n) is 1.89. The van der Waals surface area contributed by atoms with E-state index >= 15 is 0 Å². The van der Waals surface area contributed by atoms with Gasteiger partial charge in [0.2, 0.25) is 5.91 Å². The van der Waals surface area contributed by atoms with Crippen LogP contribution in [0.2, 0.25) is 0 Å². The summed E-state index contributed by atoms with van der Waals surface area (Å²) in [5, 5.41) is 11.3. The summed E-state index contributed by atoms with van der Waals surface area (Å²) in [7, 11) is 0. The molecule has 0 atom stereocenters. The zero-order valence-corrected chi connectivity index (χ0v) is 12.5. The highest BCUT2D eigenvalue weighted by atomic mass is 16.5. The van der Waals surface area contributed by atoms with Crippen LogP contribution in [0.25, 0.3) is 0 Å². The molecule has 7 nitrogen and oxygen atoms in total. The smallest absolute Gasteiger partial charge is 0.320 e. The standard InChI is InChI=1S/C15H18N4O3/c1-3-11-6-4-5-7-12(11)17-14(20)9-16-15(21)18-13-8-10(2)22-19-13/h4-8H,3,9H2,1-2H3,(H,17,20)(H2,16,18,19,21). The minimum absolute atomic E-state index is 0.138. The maximum Gasteiger partial charge on any atom is 0.320 e. The predicted octanol–water partition coefficient (Wildman–Crippen LogP) is 2.31.